The average Bonchev–Trinajstić information content (AvgIpc) is 2.84. The van der Waals surface area contributed by atoms with Gasteiger partial charge in [0.15, 0.2) is 5.36 Å². The van der Waals surface area contributed by atoms with E-state index >= 15 is 0 Å². The van der Waals surface area contributed by atoms with Gasteiger partial charge in [0.1, 0.15) is 0 Å². The van der Waals surface area contributed by atoms with Gasteiger partial charge in [-0.05, 0) is 18.2 Å². The zero-order valence-corrected chi connectivity index (χ0v) is 12.4. The van der Waals surface area contributed by atoms with Crippen molar-refractivity contribution in [3.05, 3.63) is 78.6 Å². The molecule has 10 nitrogen and oxygen atoms in total. The third kappa shape index (κ3) is 3.08. The van der Waals surface area contributed by atoms with Crippen LogP contribution in [0.3, 0.4) is 0 Å². The highest BCUT2D eigenvalue weighted by atomic mass is 16.6. The Labute approximate surface area is 138 Å². The number of nitro groups is 1. The summed E-state index contributed by atoms with van der Waals surface area (Å²) < 4.78 is 0. The molecule has 124 valence electrons. The average molecular weight is 339 g/mol. The fraction of sp³-hybridized carbons (Fsp3) is 0. The molecule has 0 bridgehead atoms. The van der Waals surface area contributed by atoms with Crippen molar-refractivity contribution >= 4 is 28.2 Å². The first kappa shape index (κ1) is 15.9. The highest BCUT2D eigenvalue weighted by Gasteiger charge is 2.15. The van der Waals surface area contributed by atoms with E-state index in [2.05, 4.69) is 15.4 Å². The molecule has 0 aliphatic carbocycles. The van der Waals surface area contributed by atoms with Crippen LogP contribution in [0.15, 0.2) is 57.4 Å². The molecule has 0 fully saturated rings. The van der Waals surface area contributed by atoms with Crippen LogP contribution in [-0.4, -0.2) is 15.9 Å². The number of fused-ring (bicyclic) bond motifs is 1. The number of nitrogens with one attached hydrogen (secondary N) is 2. The minimum Gasteiger partial charge on any atom is -0.306 e. The molecular formula is C15H9N5O5. The molecule has 0 saturated carbocycles. The zero-order chi connectivity index (χ0) is 18.0. The van der Waals surface area contributed by atoms with Gasteiger partial charge < -0.3 is 5.32 Å². The molecular weight excluding hydrogens is 330 g/mol. The lowest BCUT2D eigenvalue weighted by atomic mass is 10.2. The summed E-state index contributed by atoms with van der Waals surface area (Å²) in [7, 11) is 0. The molecule has 1 heterocycles. The quantitative estimate of drug-likeness (QED) is 0.521. The largest absolute Gasteiger partial charge is 0.339 e. The van der Waals surface area contributed by atoms with E-state index in [-0.39, 0.29) is 16.5 Å². The molecule has 1 aromatic heterocycles. The van der Waals surface area contributed by atoms with Gasteiger partial charge in [0.05, 0.1) is 4.92 Å². The molecule has 0 unspecified atom stereocenters. The maximum absolute atomic E-state index is 12.2. The third-order valence-corrected chi connectivity index (χ3v) is 3.34. The lowest BCUT2D eigenvalue weighted by Crippen LogP contribution is -2.36. The second-order valence-corrected chi connectivity index (χ2v) is 4.91. The number of anilines is 1. The molecule has 0 saturated heterocycles. The van der Waals surface area contributed by atoms with E-state index in [0.717, 1.165) is 12.1 Å². The van der Waals surface area contributed by atoms with Gasteiger partial charge in [-0.25, -0.2) is 10.2 Å². The Morgan fingerprint density at radius 3 is 2.44 bits per heavy atom. The van der Waals surface area contributed by atoms with E-state index in [1.807, 2.05) is 5.43 Å². The lowest BCUT2D eigenvalue weighted by molar-refractivity contribution is -0.384. The number of non-ortho nitro benzene ring substituents is 1. The number of amides is 2. The Morgan fingerprint density at radius 2 is 1.76 bits per heavy atom. The van der Waals surface area contributed by atoms with Gasteiger partial charge in [-0.2, -0.15) is 5.10 Å². The standard InChI is InChI=1S/C15H9N5O5/c21-13-10-2-1-9(20(24)25)7-11(10)14(22)12(13)18-19-15(23)17-8-3-5-16-6-4-8/h1-7H,(H2,16,17,19,23). The first-order valence-corrected chi connectivity index (χ1v) is 6.90. The predicted molar refractivity (Wildman–Crippen MR) is 87.5 cm³/mol. The van der Waals surface area contributed by atoms with Gasteiger partial charge in [0.2, 0.25) is 10.9 Å². The monoisotopic (exact) mass is 339 g/mol. The Hall–Kier alpha value is -3.95. The Balaban J connectivity index is 1.94. The Morgan fingerprint density at radius 1 is 1.08 bits per heavy atom. The summed E-state index contributed by atoms with van der Waals surface area (Å²) in [5, 5.41) is 16.1. The first-order valence-electron chi connectivity index (χ1n) is 6.90. The van der Waals surface area contributed by atoms with Crippen molar-refractivity contribution < 1.29 is 9.72 Å². The zero-order valence-electron chi connectivity index (χ0n) is 12.4. The van der Waals surface area contributed by atoms with E-state index in [0.29, 0.717) is 5.69 Å². The summed E-state index contributed by atoms with van der Waals surface area (Å²) in [6, 6.07) is 5.63. The summed E-state index contributed by atoms with van der Waals surface area (Å²) in [6.07, 6.45) is 2.93. The fourth-order valence-corrected chi connectivity index (χ4v) is 2.19. The third-order valence-electron chi connectivity index (χ3n) is 3.34. The van der Waals surface area contributed by atoms with Crippen molar-refractivity contribution in [1.29, 1.82) is 0 Å². The van der Waals surface area contributed by atoms with E-state index in [9.17, 15) is 24.5 Å². The van der Waals surface area contributed by atoms with Crippen molar-refractivity contribution in [2.75, 3.05) is 5.32 Å². The van der Waals surface area contributed by atoms with Crippen LogP contribution in [0.5, 0.6) is 0 Å². The number of aromatic nitrogens is 1. The van der Waals surface area contributed by atoms with Crippen LogP contribution >= 0.6 is 0 Å². The number of carbonyl (C=O) groups excluding carboxylic acids is 1. The van der Waals surface area contributed by atoms with Crippen molar-refractivity contribution in [3.63, 3.8) is 0 Å². The number of rotatable bonds is 3. The van der Waals surface area contributed by atoms with Gasteiger partial charge in [-0.3, -0.25) is 24.7 Å². The molecule has 0 radical (unpaired) electrons. The summed E-state index contributed by atoms with van der Waals surface area (Å²) in [4.78, 5) is 50.0. The Kier molecular flexibility index (Phi) is 4.00. The first-order chi connectivity index (χ1) is 12.0. The molecule has 3 aromatic rings. The SMILES string of the molecule is O=C(NN=c1c(=O)c2ccc([N+](=O)[O-])cc2c1=O)Nc1ccncc1. The van der Waals surface area contributed by atoms with Gasteiger partial charge >= 0.3 is 6.03 Å². The second kappa shape index (κ2) is 6.28. The van der Waals surface area contributed by atoms with Gasteiger partial charge in [-0.1, -0.05) is 0 Å². The number of benzene rings is 1. The molecule has 0 aliphatic heterocycles. The highest BCUT2D eigenvalue weighted by molar-refractivity contribution is 5.89. The lowest BCUT2D eigenvalue weighted by Gasteiger charge is -2.02. The van der Waals surface area contributed by atoms with Crippen LogP contribution in [0, 0.1) is 10.1 Å². The molecule has 0 aliphatic rings. The van der Waals surface area contributed by atoms with Crippen LogP contribution in [0.1, 0.15) is 0 Å². The number of nitro benzene ring substituents is 1. The van der Waals surface area contributed by atoms with Gasteiger partial charge in [-0.15, -0.1) is 0 Å². The summed E-state index contributed by atoms with van der Waals surface area (Å²) in [6.45, 7) is 0. The number of hydrogen-bond acceptors (Lipinski definition) is 7. The minimum absolute atomic E-state index is 0.00527. The van der Waals surface area contributed by atoms with Crippen molar-refractivity contribution in [2.45, 2.75) is 0 Å². The number of pyridine rings is 1. The summed E-state index contributed by atoms with van der Waals surface area (Å²) in [5.41, 5.74) is 0.680. The molecule has 2 aromatic carbocycles. The maximum Gasteiger partial charge on any atom is 0.339 e. The van der Waals surface area contributed by atoms with Crippen molar-refractivity contribution in [2.24, 2.45) is 5.10 Å². The van der Waals surface area contributed by atoms with E-state index < -0.39 is 27.2 Å². The van der Waals surface area contributed by atoms with Crippen LogP contribution in [-0.2, 0) is 0 Å². The smallest absolute Gasteiger partial charge is 0.306 e. The van der Waals surface area contributed by atoms with Crippen LogP contribution in [0.4, 0.5) is 16.2 Å². The number of hydrogen-bond donors (Lipinski definition) is 2. The fourth-order valence-electron chi connectivity index (χ4n) is 2.19. The predicted octanol–water partition coefficient (Wildman–Crippen LogP) is 0.376. The molecule has 25 heavy (non-hydrogen) atoms. The molecule has 2 amide bonds. The number of nitrogens with zero attached hydrogens (tertiary/aromatic N) is 3. The topological polar surface area (TPSA) is 144 Å². The summed E-state index contributed by atoms with van der Waals surface area (Å²) in [5.74, 6) is 0. The van der Waals surface area contributed by atoms with Crippen LogP contribution in [0.2, 0.25) is 0 Å². The molecule has 2 N–H and O–H groups in total. The molecule has 3 rings (SSSR count). The molecule has 0 spiro atoms. The van der Waals surface area contributed by atoms with Gasteiger partial charge in [0.25, 0.3) is 5.69 Å². The van der Waals surface area contributed by atoms with Crippen LogP contribution < -0.4 is 27.0 Å². The van der Waals surface area contributed by atoms with Crippen molar-refractivity contribution in [3.8, 4) is 0 Å². The van der Waals surface area contributed by atoms with E-state index in [1.54, 1.807) is 0 Å². The molecule has 0 atom stereocenters. The molecule has 10 heteroatoms. The maximum atomic E-state index is 12.2. The number of carbonyl (C=O) groups is 1. The normalized spacial score (nSPS) is 11.4. The highest BCUT2D eigenvalue weighted by Crippen LogP contribution is 2.15. The van der Waals surface area contributed by atoms with Gasteiger partial charge in [0, 0.05) is 41.0 Å². The minimum atomic E-state index is -0.784. The summed E-state index contributed by atoms with van der Waals surface area (Å²) >= 11 is 0. The van der Waals surface area contributed by atoms with E-state index in [1.165, 1.54) is 30.6 Å². The second-order valence-electron chi connectivity index (χ2n) is 4.91. The Bertz CT molecular complexity index is 1130. The number of urea groups is 1. The van der Waals surface area contributed by atoms with Crippen LogP contribution in [0.25, 0.3) is 10.8 Å². The van der Waals surface area contributed by atoms with E-state index in [4.69, 9.17) is 0 Å². The van der Waals surface area contributed by atoms with Crippen molar-refractivity contribution in [1.82, 2.24) is 10.4 Å².